The van der Waals surface area contributed by atoms with Gasteiger partial charge in [0.1, 0.15) is 12.4 Å². The second kappa shape index (κ2) is 6.72. The zero-order valence-corrected chi connectivity index (χ0v) is 10.5. The van der Waals surface area contributed by atoms with E-state index in [1.165, 1.54) is 0 Å². The summed E-state index contributed by atoms with van der Waals surface area (Å²) in [7, 11) is 0. The molecule has 1 heterocycles. The molecule has 0 unspecified atom stereocenters. The molecule has 19 heavy (non-hydrogen) atoms. The van der Waals surface area contributed by atoms with Crippen molar-refractivity contribution in [3.63, 3.8) is 0 Å². The largest absolute Gasteiger partial charge is 0.487 e. The quantitative estimate of drug-likeness (QED) is 0.541. The summed E-state index contributed by atoms with van der Waals surface area (Å²) in [6.07, 6.45) is 2.34. The molecule has 0 fully saturated rings. The van der Waals surface area contributed by atoms with Crippen molar-refractivity contribution in [2.24, 2.45) is 5.84 Å². The van der Waals surface area contributed by atoms with Gasteiger partial charge in [0.15, 0.2) is 0 Å². The monoisotopic (exact) mass is 259 g/mol. The van der Waals surface area contributed by atoms with Gasteiger partial charge in [0, 0.05) is 12.8 Å². The number of nitrogen functional groups attached to an aromatic ring is 1. The Labute approximate surface area is 112 Å². The Morgan fingerprint density at radius 1 is 1.21 bits per heavy atom. The number of ether oxygens (including phenoxy) is 1. The van der Waals surface area contributed by atoms with Gasteiger partial charge in [-0.15, -0.1) is 0 Å². The van der Waals surface area contributed by atoms with Crippen molar-refractivity contribution in [3.05, 3.63) is 53.9 Å². The van der Waals surface area contributed by atoms with Gasteiger partial charge >= 0.3 is 0 Å². The van der Waals surface area contributed by atoms with Gasteiger partial charge in [-0.3, -0.25) is 10.8 Å². The Hall–Kier alpha value is -2.11. The summed E-state index contributed by atoms with van der Waals surface area (Å²) in [5, 5.41) is 8.83. The van der Waals surface area contributed by atoms with Crippen molar-refractivity contribution in [1.82, 2.24) is 4.98 Å². The number of nitrogens with zero attached hydrogens (tertiary/aromatic N) is 1. The van der Waals surface area contributed by atoms with Gasteiger partial charge in [-0.2, -0.15) is 0 Å². The lowest BCUT2D eigenvalue weighted by Gasteiger charge is -2.07. The second-order valence-corrected chi connectivity index (χ2v) is 4.09. The summed E-state index contributed by atoms with van der Waals surface area (Å²) in [4.78, 5) is 4.20. The van der Waals surface area contributed by atoms with Crippen LogP contribution in [0.3, 0.4) is 0 Å². The van der Waals surface area contributed by atoms with E-state index in [0.717, 1.165) is 22.7 Å². The van der Waals surface area contributed by atoms with Gasteiger partial charge in [-0.25, -0.2) is 0 Å². The van der Waals surface area contributed by atoms with Gasteiger partial charge in [0.2, 0.25) is 0 Å². The molecule has 0 spiro atoms. The molecule has 5 nitrogen and oxygen atoms in total. The average molecular weight is 259 g/mol. The number of aliphatic hydroxyl groups is 1. The van der Waals surface area contributed by atoms with Crippen molar-refractivity contribution in [1.29, 1.82) is 0 Å². The summed E-state index contributed by atoms with van der Waals surface area (Å²) in [6.45, 7) is 0.540. The Kier molecular flexibility index (Phi) is 4.72. The minimum absolute atomic E-state index is 0.156. The van der Waals surface area contributed by atoms with E-state index >= 15 is 0 Å². The van der Waals surface area contributed by atoms with Crippen molar-refractivity contribution >= 4 is 5.69 Å². The first-order chi connectivity index (χ1) is 9.31. The number of aromatic nitrogens is 1. The maximum Gasteiger partial charge on any atom is 0.130 e. The molecule has 0 bridgehead atoms. The molecule has 0 radical (unpaired) electrons. The molecular weight excluding hydrogens is 242 g/mol. The fourth-order valence-electron chi connectivity index (χ4n) is 1.69. The van der Waals surface area contributed by atoms with Crippen LogP contribution in [0, 0.1) is 0 Å². The number of nitrogens with one attached hydrogen (secondary N) is 1. The molecule has 2 aromatic rings. The molecule has 0 aliphatic rings. The Bertz CT molecular complexity index is 514. The predicted molar refractivity (Wildman–Crippen MR) is 73.6 cm³/mol. The molecule has 4 N–H and O–H groups in total. The average Bonchev–Trinajstić information content (AvgIpc) is 2.47. The lowest BCUT2D eigenvalue weighted by Crippen LogP contribution is -2.08. The van der Waals surface area contributed by atoms with E-state index in [1.54, 1.807) is 12.3 Å². The number of nitrogens with two attached hydrogens (primary N) is 1. The number of aliphatic hydroxyl groups excluding tert-OH is 1. The third-order valence-electron chi connectivity index (χ3n) is 2.69. The number of pyridine rings is 1. The van der Waals surface area contributed by atoms with Gasteiger partial charge in [-0.1, -0.05) is 12.1 Å². The summed E-state index contributed by atoms with van der Waals surface area (Å²) in [5.41, 5.74) is 5.25. The highest BCUT2D eigenvalue weighted by Crippen LogP contribution is 2.15. The number of rotatable bonds is 6. The standard InChI is InChI=1S/C14H17N3O2/c15-17-12-5-7-16-13(9-12)10-19-14-3-1-11(2-4-14)6-8-18/h1-5,7,9,18H,6,8,10,15H2,(H,16,17). The van der Waals surface area contributed by atoms with Gasteiger partial charge < -0.3 is 15.3 Å². The fourth-order valence-corrected chi connectivity index (χ4v) is 1.69. The third kappa shape index (κ3) is 3.94. The van der Waals surface area contributed by atoms with Crippen LogP contribution in [0.4, 0.5) is 5.69 Å². The smallest absolute Gasteiger partial charge is 0.130 e. The highest BCUT2D eigenvalue weighted by Gasteiger charge is 1.99. The molecule has 0 aliphatic carbocycles. The van der Waals surface area contributed by atoms with E-state index in [9.17, 15) is 0 Å². The van der Waals surface area contributed by atoms with E-state index in [4.69, 9.17) is 15.7 Å². The first-order valence-corrected chi connectivity index (χ1v) is 6.06. The number of hydrazine groups is 1. The molecule has 1 aromatic carbocycles. The van der Waals surface area contributed by atoms with E-state index in [-0.39, 0.29) is 6.61 Å². The Balaban J connectivity index is 1.94. The first-order valence-electron chi connectivity index (χ1n) is 6.06. The minimum Gasteiger partial charge on any atom is -0.487 e. The van der Waals surface area contributed by atoms with E-state index in [0.29, 0.717) is 13.0 Å². The highest BCUT2D eigenvalue weighted by molar-refractivity contribution is 5.41. The van der Waals surface area contributed by atoms with Crippen molar-refractivity contribution in [2.75, 3.05) is 12.0 Å². The number of benzene rings is 1. The fraction of sp³-hybridized carbons (Fsp3) is 0.214. The van der Waals surface area contributed by atoms with Gasteiger partial charge in [0.05, 0.1) is 11.4 Å². The van der Waals surface area contributed by atoms with Crippen LogP contribution in [-0.4, -0.2) is 16.7 Å². The van der Waals surface area contributed by atoms with Crippen LogP contribution < -0.4 is 16.0 Å². The summed E-state index contributed by atoms with van der Waals surface area (Å²) in [6, 6.07) is 11.3. The summed E-state index contributed by atoms with van der Waals surface area (Å²) < 4.78 is 5.63. The number of anilines is 1. The minimum atomic E-state index is 0.156. The molecule has 2 rings (SSSR count). The molecule has 100 valence electrons. The second-order valence-electron chi connectivity index (χ2n) is 4.09. The molecule has 0 aliphatic heterocycles. The van der Waals surface area contributed by atoms with E-state index in [2.05, 4.69) is 10.4 Å². The number of hydrogen-bond donors (Lipinski definition) is 3. The lowest BCUT2D eigenvalue weighted by atomic mass is 10.1. The molecular formula is C14H17N3O2. The van der Waals surface area contributed by atoms with Crippen LogP contribution in [0.5, 0.6) is 5.75 Å². The van der Waals surface area contributed by atoms with Crippen LogP contribution >= 0.6 is 0 Å². The van der Waals surface area contributed by atoms with Crippen molar-refractivity contribution in [3.8, 4) is 5.75 Å². The van der Waals surface area contributed by atoms with Crippen LogP contribution in [0.1, 0.15) is 11.3 Å². The summed E-state index contributed by atoms with van der Waals surface area (Å²) >= 11 is 0. The zero-order chi connectivity index (χ0) is 13.5. The maximum absolute atomic E-state index is 8.83. The third-order valence-corrected chi connectivity index (χ3v) is 2.69. The van der Waals surface area contributed by atoms with E-state index in [1.807, 2.05) is 30.3 Å². The Morgan fingerprint density at radius 2 is 2.00 bits per heavy atom. The molecule has 0 saturated heterocycles. The van der Waals surface area contributed by atoms with E-state index < -0.39 is 0 Å². The van der Waals surface area contributed by atoms with Gasteiger partial charge in [0.25, 0.3) is 0 Å². The SMILES string of the molecule is NNc1ccnc(COc2ccc(CCO)cc2)c1. The summed E-state index contributed by atoms with van der Waals surface area (Å²) in [5.74, 6) is 6.10. The zero-order valence-electron chi connectivity index (χ0n) is 10.5. The van der Waals surface area contributed by atoms with Crippen LogP contribution in [0.25, 0.3) is 0 Å². The molecule has 5 heteroatoms. The van der Waals surface area contributed by atoms with Crippen LogP contribution in [0.15, 0.2) is 42.6 Å². The van der Waals surface area contributed by atoms with Crippen molar-refractivity contribution < 1.29 is 9.84 Å². The number of hydrogen-bond acceptors (Lipinski definition) is 5. The normalized spacial score (nSPS) is 10.2. The molecule has 0 amide bonds. The topological polar surface area (TPSA) is 80.4 Å². The van der Waals surface area contributed by atoms with Crippen LogP contribution in [0.2, 0.25) is 0 Å². The Morgan fingerprint density at radius 3 is 2.68 bits per heavy atom. The van der Waals surface area contributed by atoms with Gasteiger partial charge in [-0.05, 0) is 36.2 Å². The van der Waals surface area contributed by atoms with Crippen LogP contribution in [-0.2, 0) is 13.0 Å². The van der Waals surface area contributed by atoms with Crippen molar-refractivity contribution in [2.45, 2.75) is 13.0 Å². The maximum atomic E-state index is 8.83. The molecule has 1 aromatic heterocycles. The first kappa shape index (κ1) is 13.3. The molecule has 0 saturated carbocycles. The predicted octanol–water partition coefficient (Wildman–Crippen LogP) is 1.48. The highest BCUT2D eigenvalue weighted by atomic mass is 16.5. The lowest BCUT2D eigenvalue weighted by molar-refractivity contribution is 0.297. The molecule has 0 atom stereocenters.